The van der Waals surface area contributed by atoms with E-state index in [-0.39, 0.29) is 27.2 Å². The molecular weight excluding hydrogens is 374 g/mol. The Hall–Kier alpha value is -0.520. The minimum atomic E-state index is -2.77. The van der Waals surface area contributed by atoms with Gasteiger partial charge in [-0.3, -0.25) is 0 Å². The second-order valence-electron chi connectivity index (χ2n) is 10.8. The molecule has 154 valence electrons. The average Bonchev–Trinajstić information content (AvgIpc) is 2.83. The second kappa shape index (κ2) is 7.07. The molecule has 1 heterocycles. The first-order valence-electron chi connectivity index (χ1n) is 9.87. The van der Waals surface area contributed by atoms with E-state index in [4.69, 9.17) is 9.47 Å². The van der Waals surface area contributed by atoms with Crippen LogP contribution < -0.4 is 14.8 Å². The molecule has 2 rings (SSSR count). The second-order valence-corrected chi connectivity index (χ2v) is 18.6. The van der Waals surface area contributed by atoms with E-state index in [1.807, 2.05) is 32.0 Å². The van der Waals surface area contributed by atoms with E-state index in [0.29, 0.717) is 0 Å². The van der Waals surface area contributed by atoms with Crippen molar-refractivity contribution in [3.8, 4) is 11.5 Å². The van der Waals surface area contributed by atoms with Gasteiger partial charge in [-0.25, -0.2) is 0 Å². The molecule has 3 nitrogen and oxygen atoms in total. The van der Waals surface area contributed by atoms with E-state index in [1.54, 1.807) is 0 Å². The third kappa shape index (κ3) is 3.97. The Bertz CT molecular complexity index is 715. The van der Waals surface area contributed by atoms with Gasteiger partial charge < -0.3 is 14.0 Å². The molecule has 1 aliphatic heterocycles. The Labute approximate surface area is 167 Å². The fourth-order valence-electron chi connectivity index (χ4n) is 4.03. The molecule has 0 aliphatic carbocycles. The molecule has 27 heavy (non-hydrogen) atoms. The molecule has 0 aromatic heterocycles. The molecule has 0 fully saturated rings. The van der Waals surface area contributed by atoms with Crippen molar-refractivity contribution in [2.24, 2.45) is 0 Å². The minimum Gasteiger partial charge on any atom is -0.490 e. The largest absolute Gasteiger partial charge is 0.490 e. The smallest absolute Gasteiger partial charge is 0.174 e. The molecule has 2 atom stereocenters. The maximum absolute atomic E-state index is 14.8. The lowest BCUT2D eigenvalue weighted by Crippen LogP contribution is -2.38. The maximum Gasteiger partial charge on any atom is 0.174 e. The molecule has 0 spiro atoms. The van der Waals surface area contributed by atoms with Crippen LogP contribution in [0.15, 0.2) is 18.2 Å². The van der Waals surface area contributed by atoms with Crippen molar-refractivity contribution in [2.45, 2.75) is 103 Å². The van der Waals surface area contributed by atoms with Gasteiger partial charge in [-0.1, -0.05) is 68.4 Å². The quantitative estimate of drug-likeness (QED) is 0.501. The summed E-state index contributed by atoms with van der Waals surface area (Å²) in [5.74, 6) is 1.74. The predicted octanol–water partition coefficient (Wildman–Crippen LogP) is 7.02. The van der Waals surface area contributed by atoms with Gasteiger partial charge in [-0.15, -0.1) is 0 Å². The Kier molecular flexibility index (Phi) is 5.96. The summed E-state index contributed by atoms with van der Waals surface area (Å²) in [5.41, 5.74) is -0.292. The molecule has 0 radical (unpaired) electrons. The van der Waals surface area contributed by atoms with Gasteiger partial charge in [0.1, 0.15) is 18.6 Å². The summed E-state index contributed by atoms with van der Waals surface area (Å²) in [6.45, 7) is 23.4. The Morgan fingerprint density at radius 1 is 1.00 bits per heavy atom. The minimum absolute atomic E-state index is 0.0478. The van der Waals surface area contributed by atoms with Crippen LogP contribution in [0.4, 0.5) is 0 Å². The van der Waals surface area contributed by atoms with Crippen molar-refractivity contribution in [3.63, 3.8) is 0 Å². The summed E-state index contributed by atoms with van der Waals surface area (Å²) in [5, 5.41) is 0.409. The van der Waals surface area contributed by atoms with E-state index in [0.717, 1.165) is 16.8 Å². The fraction of sp³-hybridized carbons (Fsp3) is 0.727. The zero-order chi connectivity index (χ0) is 21.0. The molecule has 1 aromatic rings. The van der Waals surface area contributed by atoms with E-state index < -0.39 is 15.1 Å². The van der Waals surface area contributed by atoms with Gasteiger partial charge in [0.15, 0.2) is 5.59 Å². The highest BCUT2D eigenvalue weighted by Gasteiger charge is 2.60. The Balaban J connectivity index is 2.75. The summed E-state index contributed by atoms with van der Waals surface area (Å²) in [6, 6.07) is 6.03. The van der Waals surface area contributed by atoms with Gasteiger partial charge in [0.2, 0.25) is 0 Å². The zero-order valence-electron chi connectivity index (χ0n) is 19.0. The number of hydrogen-bond donors (Lipinski definition) is 0. The summed E-state index contributed by atoms with van der Waals surface area (Å²) >= 11 is 0. The van der Waals surface area contributed by atoms with Crippen LogP contribution in [0.1, 0.15) is 76.2 Å². The third-order valence-electron chi connectivity index (χ3n) is 5.05. The SMILES string of the molecule is CC(C)Oc1cccc2c1[P@](C(C)(C)C)[C@@H](P(=O)(C(C)(C)C)C(C)(C)C)O2. The Morgan fingerprint density at radius 3 is 1.93 bits per heavy atom. The summed E-state index contributed by atoms with van der Waals surface area (Å²) in [4.78, 5) is 0. The van der Waals surface area contributed by atoms with Crippen LogP contribution in [0.3, 0.4) is 0 Å². The van der Waals surface area contributed by atoms with E-state index >= 15 is 0 Å². The molecule has 0 amide bonds. The average molecular weight is 412 g/mol. The van der Waals surface area contributed by atoms with Crippen LogP contribution >= 0.6 is 15.1 Å². The van der Waals surface area contributed by atoms with Crippen molar-refractivity contribution in [3.05, 3.63) is 18.2 Å². The highest BCUT2D eigenvalue weighted by molar-refractivity contribution is 7.84. The van der Waals surface area contributed by atoms with Crippen LogP contribution in [0.2, 0.25) is 0 Å². The molecular formula is C22H38O3P2. The van der Waals surface area contributed by atoms with E-state index in [9.17, 15) is 4.57 Å². The molecule has 0 saturated heterocycles. The number of benzene rings is 1. The molecule has 1 aromatic carbocycles. The monoisotopic (exact) mass is 412 g/mol. The molecule has 0 bridgehead atoms. The lowest BCUT2D eigenvalue weighted by atomic mass is 10.2. The third-order valence-corrected chi connectivity index (χ3v) is 14.3. The van der Waals surface area contributed by atoms with Gasteiger partial charge in [0, 0.05) is 10.3 Å². The highest BCUT2D eigenvalue weighted by Crippen LogP contribution is 2.80. The molecule has 0 saturated carbocycles. The fourth-order valence-corrected chi connectivity index (χ4v) is 14.9. The standard InChI is InChI=1S/C22H38O3P2/c1-15(2)24-16-13-12-14-17-18(16)26(20(3,4)5)19(25-17)27(23,21(6,7)8)22(9,10)11/h12-15,19H,1-11H3/t19-,26-/m0/s1. The van der Waals surface area contributed by atoms with Crippen molar-refractivity contribution in [1.29, 1.82) is 0 Å². The maximum atomic E-state index is 14.8. The lowest BCUT2D eigenvalue weighted by molar-refractivity contribution is 0.244. The molecule has 5 heteroatoms. The Morgan fingerprint density at radius 2 is 1.52 bits per heavy atom. The van der Waals surface area contributed by atoms with Crippen LogP contribution in [0, 0.1) is 0 Å². The van der Waals surface area contributed by atoms with Crippen LogP contribution in [-0.4, -0.2) is 27.2 Å². The number of ether oxygens (including phenoxy) is 2. The summed E-state index contributed by atoms with van der Waals surface area (Å²) in [6.07, 6.45) is 0.0874. The van der Waals surface area contributed by atoms with Gasteiger partial charge in [0.05, 0.1) is 11.4 Å². The lowest BCUT2D eigenvalue weighted by Gasteiger charge is -2.47. The highest BCUT2D eigenvalue weighted by atomic mass is 31.2. The first-order chi connectivity index (χ1) is 12.0. The first kappa shape index (κ1) is 22.8. The number of rotatable bonds is 3. The normalized spacial score (nSPS) is 21.2. The van der Waals surface area contributed by atoms with Gasteiger partial charge in [-0.05, 0) is 39.1 Å². The number of hydrogen-bond acceptors (Lipinski definition) is 3. The summed E-state index contributed by atoms with van der Waals surface area (Å²) in [7, 11) is -3.62. The van der Waals surface area contributed by atoms with Crippen molar-refractivity contribution < 1.29 is 14.0 Å². The molecule has 0 unspecified atom stereocenters. The van der Waals surface area contributed by atoms with Gasteiger partial charge in [0.25, 0.3) is 0 Å². The predicted molar refractivity (Wildman–Crippen MR) is 120 cm³/mol. The van der Waals surface area contributed by atoms with Gasteiger partial charge >= 0.3 is 0 Å². The number of fused-ring (bicyclic) bond motifs is 1. The molecule has 1 aliphatic rings. The summed E-state index contributed by atoms with van der Waals surface area (Å²) < 4.78 is 27.5. The van der Waals surface area contributed by atoms with Crippen LogP contribution in [-0.2, 0) is 4.57 Å². The zero-order valence-corrected chi connectivity index (χ0v) is 20.8. The molecule has 0 N–H and O–H groups in total. The van der Waals surface area contributed by atoms with E-state index in [2.05, 4.69) is 62.3 Å². The first-order valence-corrected chi connectivity index (χ1v) is 13.1. The van der Waals surface area contributed by atoms with Crippen molar-refractivity contribution >= 4 is 20.4 Å². The van der Waals surface area contributed by atoms with E-state index in [1.165, 1.54) is 0 Å². The van der Waals surface area contributed by atoms with Gasteiger partial charge in [-0.2, -0.15) is 0 Å². The van der Waals surface area contributed by atoms with Crippen molar-refractivity contribution in [2.75, 3.05) is 0 Å². The van der Waals surface area contributed by atoms with Crippen LogP contribution in [0.25, 0.3) is 0 Å². The van der Waals surface area contributed by atoms with Crippen LogP contribution in [0.5, 0.6) is 11.5 Å². The topological polar surface area (TPSA) is 35.5 Å². The van der Waals surface area contributed by atoms with Crippen molar-refractivity contribution in [1.82, 2.24) is 0 Å².